The van der Waals surface area contributed by atoms with Gasteiger partial charge in [0.15, 0.2) is 0 Å². The minimum atomic E-state index is 0.122. The molecule has 0 atom stereocenters. The molecule has 0 saturated carbocycles. The van der Waals surface area contributed by atoms with E-state index in [4.69, 9.17) is 5.11 Å². The molecule has 3 heteroatoms. The van der Waals surface area contributed by atoms with E-state index in [0.29, 0.717) is 6.61 Å². The Balaban J connectivity index is 0.000000162. The van der Waals surface area contributed by atoms with Crippen LogP contribution in [0.5, 0.6) is 0 Å². The molecule has 2 N–H and O–H groups in total. The Hall–Kier alpha value is -0.120. The van der Waals surface area contributed by atoms with Crippen LogP contribution in [0.1, 0.15) is 12.8 Å². The van der Waals surface area contributed by atoms with Crippen molar-refractivity contribution < 1.29 is 9.84 Å². The lowest BCUT2D eigenvalue weighted by Gasteiger charge is -1.84. The van der Waals surface area contributed by atoms with Crippen LogP contribution in [0.3, 0.4) is 0 Å². The molecular formula is C7H17NO2. The topological polar surface area (TPSA) is 41.5 Å². The highest BCUT2D eigenvalue weighted by Crippen LogP contribution is 1.90. The average Bonchev–Trinajstić information content (AvgIpc) is 2.44. The second-order valence-electron chi connectivity index (χ2n) is 2.17. The first-order valence-electron chi connectivity index (χ1n) is 3.72. The van der Waals surface area contributed by atoms with Crippen molar-refractivity contribution in [2.45, 2.75) is 12.8 Å². The molecule has 0 unspecified atom stereocenters. The third kappa shape index (κ3) is 7.88. The molecule has 0 radical (unpaired) electrons. The second-order valence-corrected chi connectivity index (χ2v) is 2.17. The van der Waals surface area contributed by atoms with Crippen molar-refractivity contribution in [3.63, 3.8) is 0 Å². The summed E-state index contributed by atoms with van der Waals surface area (Å²) in [6, 6.07) is 0. The Kier molecular flexibility index (Phi) is 8.77. The zero-order chi connectivity index (χ0) is 7.66. The van der Waals surface area contributed by atoms with Gasteiger partial charge in [0.1, 0.15) is 0 Å². The maximum absolute atomic E-state index is 7.94. The molecule has 0 aromatic rings. The van der Waals surface area contributed by atoms with E-state index in [9.17, 15) is 0 Å². The molecule has 1 rings (SSSR count). The lowest BCUT2D eigenvalue weighted by atomic mass is 10.4. The van der Waals surface area contributed by atoms with Crippen molar-refractivity contribution in [2.75, 3.05) is 33.4 Å². The lowest BCUT2D eigenvalue weighted by Crippen LogP contribution is -2.03. The van der Waals surface area contributed by atoms with Crippen LogP contribution in [0.25, 0.3) is 0 Å². The second kappa shape index (κ2) is 8.88. The molecule has 3 nitrogen and oxygen atoms in total. The van der Waals surface area contributed by atoms with Gasteiger partial charge in [0.05, 0.1) is 13.2 Å². The van der Waals surface area contributed by atoms with Crippen LogP contribution in [-0.4, -0.2) is 38.5 Å². The van der Waals surface area contributed by atoms with Crippen LogP contribution in [0.4, 0.5) is 0 Å². The molecule has 62 valence electrons. The lowest BCUT2D eigenvalue weighted by molar-refractivity contribution is 0.135. The predicted molar refractivity (Wildman–Crippen MR) is 41.1 cm³/mol. The van der Waals surface area contributed by atoms with Crippen LogP contribution < -0.4 is 5.32 Å². The summed E-state index contributed by atoms with van der Waals surface area (Å²) in [6.45, 7) is 3.07. The molecule has 10 heavy (non-hydrogen) atoms. The molecule has 0 aromatic carbocycles. The van der Waals surface area contributed by atoms with Gasteiger partial charge in [-0.1, -0.05) is 0 Å². The van der Waals surface area contributed by atoms with Crippen LogP contribution in [0.2, 0.25) is 0 Å². The summed E-state index contributed by atoms with van der Waals surface area (Å²) in [5, 5.41) is 11.2. The van der Waals surface area contributed by atoms with Crippen molar-refractivity contribution in [1.82, 2.24) is 5.32 Å². The zero-order valence-corrected chi connectivity index (χ0v) is 6.60. The number of methoxy groups -OCH3 is 1. The first-order chi connectivity index (χ1) is 4.91. The molecule has 0 aliphatic carbocycles. The molecule has 0 amide bonds. The largest absolute Gasteiger partial charge is 0.394 e. The molecule has 1 saturated heterocycles. The maximum Gasteiger partial charge on any atom is 0.0693 e. The van der Waals surface area contributed by atoms with Gasteiger partial charge in [0.2, 0.25) is 0 Å². The molecule has 1 fully saturated rings. The van der Waals surface area contributed by atoms with Crippen LogP contribution in [0.15, 0.2) is 0 Å². The normalized spacial score (nSPS) is 16.2. The minimum Gasteiger partial charge on any atom is -0.394 e. The summed E-state index contributed by atoms with van der Waals surface area (Å²) in [6.07, 6.45) is 2.78. The van der Waals surface area contributed by atoms with E-state index in [0.717, 1.165) is 0 Å². The fourth-order valence-electron chi connectivity index (χ4n) is 0.716. The fourth-order valence-corrected chi connectivity index (χ4v) is 0.716. The summed E-state index contributed by atoms with van der Waals surface area (Å²) in [5.74, 6) is 0. The Labute approximate surface area is 62.4 Å². The summed E-state index contributed by atoms with van der Waals surface area (Å²) < 4.78 is 4.44. The highest BCUT2D eigenvalue weighted by atomic mass is 16.5. The number of ether oxygens (including phenoxy) is 1. The number of hydrogen-bond acceptors (Lipinski definition) is 3. The molecule has 0 aromatic heterocycles. The Morgan fingerprint density at radius 1 is 1.40 bits per heavy atom. The van der Waals surface area contributed by atoms with Crippen molar-refractivity contribution in [3.8, 4) is 0 Å². The van der Waals surface area contributed by atoms with Gasteiger partial charge < -0.3 is 15.2 Å². The number of aliphatic hydroxyl groups is 1. The van der Waals surface area contributed by atoms with Gasteiger partial charge in [0, 0.05) is 7.11 Å². The summed E-state index contributed by atoms with van der Waals surface area (Å²) in [4.78, 5) is 0. The van der Waals surface area contributed by atoms with E-state index in [1.54, 1.807) is 7.11 Å². The smallest absolute Gasteiger partial charge is 0.0693 e. The number of nitrogens with one attached hydrogen (secondary N) is 1. The first-order valence-corrected chi connectivity index (χ1v) is 3.72. The van der Waals surface area contributed by atoms with Gasteiger partial charge in [-0.2, -0.15) is 0 Å². The van der Waals surface area contributed by atoms with E-state index in [1.165, 1.54) is 25.9 Å². The quantitative estimate of drug-likeness (QED) is 0.577. The number of aliphatic hydroxyl groups excluding tert-OH is 1. The van der Waals surface area contributed by atoms with Crippen LogP contribution in [0, 0.1) is 0 Å². The van der Waals surface area contributed by atoms with Gasteiger partial charge in [-0.25, -0.2) is 0 Å². The van der Waals surface area contributed by atoms with Crippen molar-refractivity contribution in [2.24, 2.45) is 0 Å². The summed E-state index contributed by atoms with van der Waals surface area (Å²) in [5.41, 5.74) is 0. The molecule has 0 spiro atoms. The van der Waals surface area contributed by atoms with Gasteiger partial charge in [-0.15, -0.1) is 0 Å². The predicted octanol–water partition coefficient (Wildman–Crippen LogP) is -0.00510. The van der Waals surface area contributed by atoms with E-state index in [-0.39, 0.29) is 6.61 Å². The van der Waals surface area contributed by atoms with Crippen molar-refractivity contribution in [1.29, 1.82) is 0 Å². The fraction of sp³-hybridized carbons (Fsp3) is 1.00. The molecule has 1 heterocycles. The van der Waals surface area contributed by atoms with Crippen molar-refractivity contribution >= 4 is 0 Å². The summed E-state index contributed by atoms with van der Waals surface area (Å²) >= 11 is 0. The molecule has 1 aliphatic heterocycles. The van der Waals surface area contributed by atoms with Crippen LogP contribution >= 0.6 is 0 Å². The van der Waals surface area contributed by atoms with E-state index >= 15 is 0 Å². The number of hydrogen-bond donors (Lipinski definition) is 2. The third-order valence-corrected chi connectivity index (χ3v) is 1.25. The Morgan fingerprint density at radius 3 is 2.10 bits per heavy atom. The first kappa shape index (κ1) is 9.88. The maximum atomic E-state index is 7.94. The average molecular weight is 147 g/mol. The third-order valence-electron chi connectivity index (χ3n) is 1.25. The monoisotopic (exact) mass is 147 g/mol. The summed E-state index contributed by atoms with van der Waals surface area (Å²) in [7, 11) is 1.55. The minimum absolute atomic E-state index is 0.122. The Morgan fingerprint density at radius 2 is 2.00 bits per heavy atom. The van der Waals surface area contributed by atoms with Gasteiger partial charge in [0.25, 0.3) is 0 Å². The van der Waals surface area contributed by atoms with Gasteiger partial charge in [-0.05, 0) is 25.9 Å². The van der Waals surface area contributed by atoms with Crippen molar-refractivity contribution in [3.05, 3.63) is 0 Å². The SMILES string of the molecule is C1CCNC1.COCCO. The molecule has 0 bridgehead atoms. The highest BCUT2D eigenvalue weighted by molar-refractivity contribution is 4.55. The van der Waals surface area contributed by atoms with E-state index in [2.05, 4.69) is 10.1 Å². The van der Waals surface area contributed by atoms with Gasteiger partial charge in [-0.3, -0.25) is 0 Å². The van der Waals surface area contributed by atoms with Crippen LogP contribution in [-0.2, 0) is 4.74 Å². The molecular weight excluding hydrogens is 130 g/mol. The van der Waals surface area contributed by atoms with E-state index < -0.39 is 0 Å². The Bertz CT molecular complexity index is 46.0. The number of rotatable bonds is 2. The standard InChI is InChI=1S/C4H9N.C3H8O2/c1-2-4-5-3-1;1-5-3-2-4/h5H,1-4H2;4H,2-3H2,1H3. The molecule has 1 aliphatic rings. The highest BCUT2D eigenvalue weighted by Gasteiger charge is 1.93. The zero-order valence-electron chi connectivity index (χ0n) is 6.60. The van der Waals surface area contributed by atoms with E-state index in [1.807, 2.05) is 0 Å². The van der Waals surface area contributed by atoms with Gasteiger partial charge >= 0.3 is 0 Å².